The minimum atomic E-state index is -1.30. The van der Waals surface area contributed by atoms with Crippen molar-refractivity contribution in [2.24, 2.45) is 0 Å². The lowest BCUT2D eigenvalue weighted by molar-refractivity contribution is -0.205. The van der Waals surface area contributed by atoms with Gasteiger partial charge in [0.05, 0.1) is 6.61 Å². The normalized spacial score (nSPS) is 47.7. The molecule has 5 nitrogen and oxygen atoms in total. The third-order valence-corrected chi connectivity index (χ3v) is 2.77. The van der Waals surface area contributed by atoms with Gasteiger partial charge in [-0.25, -0.2) is 0 Å². The quantitative estimate of drug-likeness (QED) is 0.523. The van der Waals surface area contributed by atoms with E-state index in [1.54, 1.807) is 0 Å². The van der Waals surface area contributed by atoms with E-state index in [2.05, 4.69) is 0 Å². The molecule has 2 N–H and O–H groups in total. The van der Waals surface area contributed by atoms with Crippen LogP contribution in [-0.2, 0) is 14.2 Å². The molecule has 78 valence electrons. The number of aliphatic hydroxyl groups excluding tert-OH is 1. The molecule has 2 unspecified atom stereocenters. The number of aliphatic hydroxyl groups is 2. The molecule has 2 fully saturated rings. The molecule has 14 heavy (non-hydrogen) atoms. The average molecular weight is 200 g/mol. The molecule has 0 saturated carbocycles. The van der Waals surface area contributed by atoms with Gasteiger partial charge < -0.3 is 24.4 Å². The zero-order chi connectivity index (χ0) is 10.2. The molecule has 0 amide bonds. The van der Waals surface area contributed by atoms with Gasteiger partial charge in [0.25, 0.3) is 0 Å². The van der Waals surface area contributed by atoms with Crippen molar-refractivity contribution in [3.8, 4) is 0 Å². The third kappa shape index (κ3) is 1.47. The summed E-state index contributed by atoms with van der Waals surface area (Å²) in [4.78, 5) is 0. The Morgan fingerprint density at radius 3 is 3.00 bits per heavy atom. The van der Waals surface area contributed by atoms with Crippen molar-refractivity contribution in [1.29, 1.82) is 0 Å². The van der Waals surface area contributed by atoms with E-state index in [9.17, 15) is 5.11 Å². The van der Waals surface area contributed by atoms with Crippen LogP contribution < -0.4 is 0 Å². The van der Waals surface area contributed by atoms with Crippen LogP contribution in [0.4, 0.5) is 0 Å². The van der Waals surface area contributed by atoms with Gasteiger partial charge in [0.15, 0.2) is 0 Å². The van der Waals surface area contributed by atoms with Crippen molar-refractivity contribution in [3.05, 3.63) is 0 Å². The van der Waals surface area contributed by atoms with Gasteiger partial charge in [-0.05, 0) is 0 Å². The summed E-state index contributed by atoms with van der Waals surface area (Å²) >= 11 is 0. The van der Waals surface area contributed by atoms with Crippen LogP contribution in [0.5, 0.6) is 0 Å². The van der Waals surface area contributed by atoms with Crippen molar-refractivity contribution in [1.82, 2.24) is 0 Å². The van der Waals surface area contributed by atoms with Crippen molar-refractivity contribution in [2.75, 3.05) is 20.0 Å². The minimum absolute atomic E-state index is 0.130. The van der Waals surface area contributed by atoms with E-state index in [0.29, 0.717) is 6.61 Å². The van der Waals surface area contributed by atoms with Gasteiger partial charge in [0, 0.05) is 19.0 Å². The predicted molar refractivity (Wildman–Crippen MR) is 46.8 cm³/mol. The van der Waals surface area contributed by atoms with Gasteiger partial charge in [0.1, 0.15) is 32.4 Å². The summed E-state index contributed by atoms with van der Waals surface area (Å²) in [5, 5.41) is 19.0. The summed E-state index contributed by atoms with van der Waals surface area (Å²) in [5.41, 5.74) is -1.30. The first-order valence-corrected chi connectivity index (χ1v) is 4.62. The lowest BCUT2D eigenvalue weighted by atomic mass is 9.78. The zero-order valence-corrected chi connectivity index (χ0v) is 7.76. The lowest BCUT2D eigenvalue weighted by Gasteiger charge is -2.34. The van der Waals surface area contributed by atoms with Crippen LogP contribution in [0.25, 0.3) is 0 Å². The molecule has 6 heteroatoms. The summed E-state index contributed by atoms with van der Waals surface area (Å²) in [6.45, 7) is 0.345. The molecule has 2 heterocycles. The number of ether oxygens (including phenoxy) is 3. The summed E-state index contributed by atoms with van der Waals surface area (Å²) in [6, 6.07) is -0.827. The highest BCUT2D eigenvalue weighted by Gasteiger charge is 2.54. The molecule has 0 aromatic carbocycles. The van der Waals surface area contributed by atoms with Gasteiger partial charge in [-0.2, -0.15) is 0 Å². The summed E-state index contributed by atoms with van der Waals surface area (Å²) < 4.78 is 15.6. The maximum atomic E-state index is 10.2. The van der Waals surface area contributed by atoms with Crippen LogP contribution in [0.1, 0.15) is 6.42 Å². The summed E-state index contributed by atoms with van der Waals surface area (Å²) in [6.07, 6.45) is -0.691. The van der Waals surface area contributed by atoms with Crippen molar-refractivity contribution >= 4 is 7.85 Å². The fraction of sp³-hybridized carbons (Fsp3) is 1.00. The molecule has 0 aromatic heterocycles. The Morgan fingerprint density at radius 2 is 2.29 bits per heavy atom. The standard InChI is InChI=1S/C8H13BO5/c9-7-8(11,1-2-10)6-5(14-7)3-12-4-13-6/h5-7,10-11H,1-4H2/t5?,6-,7?,8+/m1/s1. The Kier molecular flexibility index (Phi) is 2.81. The van der Waals surface area contributed by atoms with E-state index in [0.717, 1.165) is 0 Å². The Bertz CT molecular complexity index is 214. The number of fused-ring (bicyclic) bond motifs is 1. The molecule has 0 aromatic rings. The second-order valence-corrected chi connectivity index (χ2v) is 3.64. The van der Waals surface area contributed by atoms with Gasteiger partial charge in [-0.1, -0.05) is 0 Å². The highest BCUT2D eigenvalue weighted by molar-refractivity contribution is 6.12. The van der Waals surface area contributed by atoms with Crippen LogP contribution in [0.15, 0.2) is 0 Å². The Labute approximate surface area is 83.4 Å². The summed E-state index contributed by atoms with van der Waals surface area (Å²) in [7, 11) is 5.64. The number of hydrogen-bond acceptors (Lipinski definition) is 5. The molecule has 2 rings (SSSR count). The van der Waals surface area contributed by atoms with E-state index >= 15 is 0 Å². The highest BCUT2D eigenvalue weighted by Crippen LogP contribution is 2.36. The first-order valence-electron chi connectivity index (χ1n) is 4.62. The van der Waals surface area contributed by atoms with Gasteiger partial charge in [-0.3, -0.25) is 0 Å². The largest absolute Gasteiger partial charge is 0.396 e. The van der Waals surface area contributed by atoms with Gasteiger partial charge >= 0.3 is 0 Å². The van der Waals surface area contributed by atoms with E-state index in [1.165, 1.54) is 0 Å². The van der Waals surface area contributed by atoms with Crippen LogP contribution in [0.3, 0.4) is 0 Å². The molecule has 2 aliphatic heterocycles. The molecule has 4 atom stereocenters. The second kappa shape index (κ2) is 3.79. The SMILES string of the molecule is [B]C1OC2COCO[C@H]2[C@@]1(O)CCO. The smallest absolute Gasteiger partial charge is 0.147 e. The topological polar surface area (TPSA) is 68.2 Å². The highest BCUT2D eigenvalue weighted by atomic mass is 16.7. The number of rotatable bonds is 2. The van der Waals surface area contributed by atoms with Crippen LogP contribution in [0, 0.1) is 0 Å². The van der Waals surface area contributed by atoms with E-state index in [-0.39, 0.29) is 25.9 Å². The van der Waals surface area contributed by atoms with Crippen LogP contribution in [0.2, 0.25) is 0 Å². The molecular formula is C8H13BO5. The van der Waals surface area contributed by atoms with Gasteiger partial charge in [-0.15, -0.1) is 0 Å². The van der Waals surface area contributed by atoms with Crippen molar-refractivity contribution in [3.63, 3.8) is 0 Å². The van der Waals surface area contributed by atoms with E-state index in [1.807, 2.05) is 0 Å². The lowest BCUT2D eigenvalue weighted by Crippen LogP contribution is -2.52. The second-order valence-electron chi connectivity index (χ2n) is 3.64. The molecule has 2 aliphatic rings. The molecule has 0 aliphatic carbocycles. The maximum Gasteiger partial charge on any atom is 0.147 e. The fourth-order valence-electron chi connectivity index (χ4n) is 1.99. The maximum absolute atomic E-state index is 10.2. The summed E-state index contributed by atoms with van der Waals surface area (Å²) in [5.74, 6) is 0. The zero-order valence-electron chi connectivity index (χ0n) is 7.76. The molecule has 2 radical (unpaired) electrons. The Hall–Kier alpha value is -0.135. The minimum Gasteiger partial charge on any atom is -0.396 e. The van der Waals surface area contributed by atoms with Crippen molar-refractivity contribution < 1.29 is 24.4 Å². The molecule has 2 saturated heterocycles. The molecule has 0 spiro atoms. The van der Waals surface area contributed by atoms with E-state index in [4.69, 9.17) is 27.2 Å². The molecular weight excluding hydrogens is 187 g/mol. The Morgan fingerprint density at radius 1 is 1.50 bits per heavy atom. The first kappa shape index (κ1) is 10.4. The fourth-order valence-corrected chi connectivity index (χ4v) is 1.99. The van der Waals surface area contributed by atoms with E-state index < -0.39 is 17.7 Å². The van der Waals surface area contributed by atoms with Crippen LogP contribution in [-0.4, -0.2) is 61.9 Å². The number of hydrogen-bond donors (Lipinski definition) is 2. The van der Waals surface area contributed by atoms with Crippen LogP contribution >= 0.6 is 0 Å². The van der Waals surface area contributed by atoms with Crippen molar-refractivity contribution in [2.45, 2.75) is 30.2 Å². The third-order valence-electron chi connectivity index (χ3n) is 2.77. The first-order chi connectivity index (χ1) is 6.68. The average Bonchev–Trinajstić information content (AvgIpc) is 2.41. The molecule has 0 bridgehead atoms. The van der Waals surface area contributed by atoms with Gasteiger partial charge in [0.2, 0.25) is 0 Å². The Balaban J connectivity index is 2.14. The predicted octanol–water partition coefficient (Wildman–Crippen LogP) is -1.63. The monoisotopic (exact) mass is 200 g/mol.